The Morgan fingerprint density at radius 2 is 1.60 bits per heavy atom. The van der Waals surface area contributed by atoms with Crippen LogP contribution in [0.4, 0.5) is 13.2 Å². The molecule has 0 unspecified atom stereocenters. The molecule has 3 atom stereocenters. The van der Waals surface area contributed by atoms with Gasteiger partial charge in [-0.2, -0.15) is 17.5 Å². The van der Waals surface area contributed by atoms with Crippen LogP contribution in [0, 0.1) is 0 Å². The number of piperidine rings is 1. The summed E-state index contributed by atoms with van der Waals surface area (Å²) in [7, 11) is -2.42. The van der Waals surface area contributed by atoms with E-state index in [1.54, 1.807) is 48.5 Å². The highest BCUT2D eigenvalue weighted by atomic mass is 32.2. The number of likely N-dealkylation sites (tertiary alicyclic amines) is 1. The molecule has 2 aromatic rings. The normalized spacial score (nSPS) is 24.5. The van der Waals surface area contributed by atoms with Crippen molar-refractivity contribution in [1.82, 2.24) is 24.7 Å². The van der Waals surface area contributed by atoms with Crippen LogP contribution in [0.2, 0.25) is 0 Å². The number of amides is 3. The quantitative estimate of drug-likeness (QED) is 0.477. The molecule has 2 N–H and O–H groups in total. The van der Waals surface area contributed by atoms with Crippen LogP contribution in [0.3, 0.4) is 0 Å². The van der Waals surface area contributed by atoms with Crippen LogP contribution in [-0.4, -0.2) is 110 Å². The van der Waals surface area contributed by atoms with Crippen molar-refractivity contribution in [1.29, 1.82) is 0 Å². The minimum Gasteiger partial charge on any atom is -0.457 e. The molecule has 3 heterocycles. The van der Waals surface area contributed by atoms with Gasteiger partial charge in [0.05, 0.1) is 5.75 Å². The first-order valence-electron chi connectivity index (χ1n) is 16.3. The minimum atomic E-state index is -4.67. The van der Waals surface area contributed by atoms with Crippen LogP contribution in [0.15, 0.2) is 48.5 Å². The number of carbonyl (C=O) groups is 3. The highest BCUT2D eigenvalue weighted by Gasteiger charge is 2.41. The van der Waals surface area contributed by atoms with Gasteiger partial charge in [0.2, 0.25) is 27.7 Å². The number of ether oxygens (including phenoxy) is 1. The predicted molar refractivity (Wildman–Crippen MR) is 172 cm³/mol. The number of rotatable bonds is 6. The number of alkyl halides is 3. The van der Waals surface area contributed by atoms with Gasteiger partial charge in [-0.1, -0.05) is 30.7 Å². The lowest BCUT2D eigenvalue weighted by molar-refractivity contribution is -0.147. The van der Waals surface area contributed by atoms with E-state index >= 15 is 0 Å². The first kappa shape index (κ1) is 35.6. The third-order valence-corrected chi connectivity index (χ3v) is 11.0. The van der Waals surface area contributed by atoms with Crippen molar-refractivity contribution in [3.8, 4) is 11.5 Å². The smallest absolute Gasteiger partial charge is 0.405 e. The van der Waals surface area contributed by atoms with Gasteiger partial charge in [0, 0.05) is 26.6 Å². The number of halogens is 3. The molecular weight excluding hydrogens is 651 g/mol. The van der Waals surface area contributed by atoms with Crippen LogP contribution >= 0.6 is 0 Å². The van der Waals surface area contributed by atoms with Gasteiger partial charge in [-0.25, -0.2) is 8.42 Å². The fourth-order valence-corrected chi connectivity index (χ4v) is 8.21. The maximum atomic E-state index is 14.2. The lowest BCUT2D eigenvalue weighted by Gasteiger charge is -2.34. The average Bonchev–Trinajstić information content (AvgIpc) is 3.40. The Kier molecular flexibility index (Phi) is 11.3. The van der Waals surface area contributed by atoms with E-state index in [2.05, 4.69) is 10.2 Å². The number of likely N-dealkylation sites (N-methyl/N-ethyl adjacent to an activating group) is 1. The maximum absolute atomic E-state index is 14.2. The molecule has 4 bridgehead atoms. The second-order valence-corrected chi connectivity index (χ2v) is 14.7. The lowest BCUT2D eigenvalue weighted by Crippen LogP contribution is -2.58. The van der Waals surface area contributed by atoms with E-state index in [9.17, 15) is 36.0 Å². The van der Waals surface area contributed by atoms with E-state index in [0.29, 0.717) is 35.6 Å². The molecular formula is C33H42F3N5O6S. The summed E-state index contributed by atoms with van der Waals surface area (Å²) in [5, 5.41) is 4.72. The number of nitrogens with one attached hydrogen (secondary N) is 2. The zero-order valence-electron chi connectivity index (χ0n) is 26.9. The fourth-order valence-electron chi connectivity index (χ4n) is 6.52. The molecule has 0 aliphatic carbocycles. The number of fused-ring (bicyclic) bond motifs is 4. The molecule has 3 amide bonds. The van der Waals surface area contributed by atoms with Gasteiger partial charge in [-0.3, -0.25) is 14.4 Å². The molecule has 3 aliphatic rings. The molecule has 15 heteroatoms. The molecule has 2 saturated heterocycles. The van der Waals surface area contributed by atoms with Gasteiger partial charge in [0.25, 0.3) is 0 Å². The van der Waals surface area contributed by atoms with Gasteiger partial charge in [0.15, 0.2) is 0 Å². The van der Waals surface area contributed by atoms with E-state index in [1.807, 2.05) is 5.32 Å². The highest BCUT2D eigenvalue weighted by molar-refractivity contribution is 7.89. The van der Waals surface area contributed by atoms with Gasteiger partial charge >= 0.3 is 6.18 Å². The van der Waals surface area contributed by atoms with Crippen LogP contribution in [-0.2, 0) is 37.2 Å². The van der Waals surface area contributed by atoms with Crippen molar-refractivity contribution in [2.75, 3.05) is 45.5 Å². The Bertz CT molecular complexity index is 1580. The summed E-state index contributed by atoms with van der Waals surface area (Å²) in [6.07, 6.45) is -1.23. The molecule has 262 valence electrons. The van der Waals surface area contributed by atoms with Crippen molar-refractivity contribution in [2.45, 2.75) is 69.2 Å². The number of nitrogens with zero attached hydrogens (tertiary/aromatic N) is 3. The third kappa shape index (κ3) is 9.26. The zero-order valence-corrected chi connectivity index (χ0v) is 27.7. The van der Waals surface area contributed by atoms with Crippen LogP contribution < -0.4 is 15.4 Å². The second kappa shape index (κ2) is 15.2. The van der Waals surface area contributed by atoms with Crippen molar-refractivity contribution >= 4 is 27.7 Å². The molecule has 11 nitrogen and oxygen atoms in total. The minimum absolute atomic E-state index is 0.00759. The SMILES string of the molecule is CN1C(=O)[C@H](CCN2CCCCC2)NC(=O)[C@@H](N2CCCS2(=O)=O)Cc2cccc(c2)Oc2cccc(c2)C[C@H]1C(=O)NCC(F)(F)F. The summed E-state index contributed by atoms with van der Waals surface area (Å²) < 4.78 is 72.8. The zero-order chi connectivity index (χ0) is 34.5. The molecule has 0 radical (unpaired) electrons. The molecule has 2 fully saturated rings. The average molecular weight is 694 g/mol. The van der Waals surface area contributed by atoms with Crippen molar-refractivity contribution in [3.63, 3.8) is 0 Å². The van der Waals surface area contributed by atoms with Gasteiger partial charge in [-0.15, -0.1) is 0 Å². The Morgan fingerprint density at radius 3 is 2.21 bits per heavy atom. The van der Waals surface area contributed by atoms with E-state index in [0.717, 1.165) is 37.3 Å². The Hall–Kier alpha value is -3.69. The first-order valence-corrected chi connectivity index (χ1v) is 17.9. The number of benzene rings is 2. The largest absolute Gasteiger partial charge is 0.457 e. The van der Waals surface area contributed by atoms with Crippen molar-refractivity contribution in [2.24, 2.45) is 0 Å². The van der Waals surface area contributed by atoms with Gasteiger partial charge in [-0.05, 0) is 80.6 Å². The van der Waals surface area contributed by atoms with Crippen molar-refractivity contribution < 1.29 is 40.7 Å². The molecule has 5 rings (SSSR count). The van der Waals surface area contributed by atoms with Crippen LogP contribution in [0.5, 0.6) is 11.5 Å². The summed E-state index contributed by atoms with van der Waals surface area (Å²) in [4.78, 5) is 44.9. The van der Waals surface area contributed by atoms with Gasteiger partial charge < -0.3 is 25.2 Å². The van der Waals surface area contributed by atoms with E-state index < -0.39 is 58.6 Å². The monoisotopic (exact) mass is 693 g/mol. The third-order valence-electron chi connectivity index (χ3n) is 9.06. The Balaban J connectivity index is 1.54. The number of hydrogen-bond acceptors (Lipinski definition) is 7. The standard InChI is InChI=1S/C33H42F3N5O6S/c1-39-28(30(42)37-22-33(34,35)36)20-23-8-5-10-25(18-23)47-26-11-6-9-24(19-26)21-29(41-15-7-17-48(41,45)46)31(43)38-27(32(39)44)12-16-40-13-3-2-4-14-40/h5-6,8-11,18-19,27-29H,2-4,7,12-17,20-22H2,1H3,(H,37,42)(H,38,43)/t27-,28-,29-/m0/s1. The lowest BCUT2D eigenvalue weighted by atomic mass is 10.0. The predicted octanol–water partition coefficient (Wildman–Crippen LogP) is 2.85. The molecule has 3 aliphatic heterocycles. The molecule has 2 aromatic carbocycles. The van der Waals surface area contributed by atoms with Crippen LogP contribution in [0.1, 0.15) is 43.2 Å². The summed E-state index contributed by atoms with van der Waals surface area (Å²) in [6.45, 7) is 0.638. The van der Waals surface area contributed by atoms with E-state index in [4.69, 9.17) is 4.74 Å². The fraction of sp³-hybridized carbons (Fsp3) is 0.545. The summed E-state index contributed by atoms with van der Waals surface area (Å²) >= 11 is 0. The van der Waals surface area contributed by atoms with Crippen molar-refractivity contribution in [3.05, 3.63) is 59.7 Å². The molecule has 0 aromatic heterocycles. The number of hydrogen-bond donors (Lipinski definition) is 2. The maximum Gasteiger partial charge on any atom is 0.405 e. The first-order chi connectivity index (χ1) is 22.8. The number of carbonyl (C=O) groups excluding carboxylic acids is 3. The van der Waals surface area contributed by atoms with E-state index in [1.165, 1.54) is 11.4 Å². The summed E-state index contributed by atoms with van der Waals surface area (Å²) in [6, 6.07) is 9.89. The molecule has 48 heavy (non-hydrogen) atoms. The molecule has 0 spiro atoms. The van der Waals surface area contributed by atoms with E-state index in [-0.39, 0.29) is 31.6 Å². The van der Waals surface area contributed by atoms with Gasteiger partial charge in [0.1, 0.15) is 36.2 Å². The summed E-state index contributed by atoms with van der Waals surface area (Å²) in [5.74, 6) is -1.65. The number of sulfonamides is 1. The molecule has 0 saturated carbocycles. The Labute approximate surface area is 278 Å². The topological polar surface area (TPSA) is 128 Å². The second-order valence-electron chi connectivity index (χ2n) is 12.7. The Morgan fingerprint density at radius 1 is 0.958 bits per heavy atom. The summed E-state index contributed by atoms with van der Waals surface area (Å²) in [5.41, 5.74) is 1.18. The highest BCUT2D eigenvalue weighted by Crippen LogP contribution is 2.27. The van der Waals surface area contributed by atoms with Crippen LogP contribution in [0.25, 0.3) is 0 Å².